The van der Waals surface area contributed by atoms with Gasteiger partial charge in [0.05, 0.1) is 11.1 Å². The first-order chi connectivity index (χ1) is 10.5. The Morgan fingerprint density at radius 1 is 0.864 bits per heavy atom. The van der Waals surface area contributed by atoms with E-state index in [1.807, 2.05) is 32.9 Å². The van der Waals surface area contributed by atoms with Gasteiger partial charge in [0.2, 0.25) is 0 Å². The molecule has 2 aromatic carbocycles. The third-order valence-corrected chi connectivity index (χ3v) is 3.87. The smallest absolute Gasteiger partial charge is 0.346 e. The van der Waals surface area contributed by atoms with Gasteiger partial charge in [-0.25, -0.2) is 9.59 Å². The maximum Gasteiger partial charge on any atom is 0.346 e. The number of aryl methyl sites for hydroxylation is 3. The summed E-state index contributed by atoms with van der Waals surface area (Å²) in [6.45, 7) is 6.06. The summed E-state index contributed by atoms with van der Waals surface area (Å²) in [4.78, 5) is 24.0. The lowest BCUT2D eigenvalue weighted by molar-refractivity contribution is -0.131. The molecule has 0 unspecified atom stereocenters. The Labute approximate surface area is 129 Å². The topological polar surface area (TPSA) is 43.4 Å². The molecule has 0 N–H and O–H groups in total. The van der Waals surface area contributed by atoms with E-state index in [1.54, 1.807) is 18.2 Å². The summed E-state index contributed by atoms with van der Waals surface area (Å²) in [5.74, 6) is -1.18. The Morgan fingerprint density at radius 2 is 1.45 bits per heavy atom. The lowest BCUT2D eigenvalue weighted by Gasteiger charge is -2.17. The van der Waals surface area contributed by atoms with Crippen LogP contribution in [0.3, 0.4) is 0 Å². The molecule has 3 rings (SSSR count). The average molecular weight is 292 g/mol. The monoisotopic (exact) mass is 292 g/mol. The first kappa shape index (κ1) is 14.3. The summed E-state index contributed by atoms with van der Waals surface area (Å²) >= 11 is 0. The second-order valence-electron chi connectivity index (χ2n) is 5.59. The third-order valence-electron chi connectivity index (χ3n) is 3.87. The van der Waals surface area contributed by atoms with Gasteiger partial charge in [-0.2, -0.15) is 0 Å². The van der Waals surface area contributed by atoms with Crippen LogP contribution in [0.2, 0.25) is 0 Å². The lowest BCUT2D eigenvalue weighted by Crippen LogP contribution is -2.21. The molecular weight excluding hydrogens is 276 g/mol. The minimum atomic E-state index is -0.594. The molecule has 0 fully saturated rings. The van der Waals surface area contributed by atoms with Gasteiger partial charge in [-0.1, -0.05) is 35.9 Å². The van der Waals surface area contributed by atoms with E-state index in [0.29, 0.717) is 16.7 Å². The van der Waals surface area contributed by atoms with E-state index in [9.17, 15) is 9.59 Å². The van der Waals surface area contributed by atoms with E-state index in [-0.39, 0.29) is 0 Å². The van der Waals surface area contributed by atoms with Crippen LogP contribution in [0.5, 0.6) is 0 Å². The summed E-state index contributed by atoms with van der Waals surface area (Å²) in [7, 11) is 0. The summed E-state index contributed by atoms with van der Waals surface area (Å²) < 4.78 is 4.85. The van der Waals surface area contributed by atoms with Crippen molar-refractivity contribution in [1.82, 2.24) is 0 Å². The van der Waals surface area contributed by atoms with Gasteiger partial charge in [0.1, 0.15) is 0 Å². The van der Waals surface area contributed by atoms with E-state index >= 15 is 0 Å². The number of benzene rings is 2. The zero-order chi connectivity index (χ0) is 15.9. The fourth-order valence-corrected chi connectivity index (χ4v) is 2.90. The molecule has 0 amide bonds. The molecule has 2 aromatic rings. The fraction of sp³-hybridized carbons (Fsp3) is 0.158. The van der Waals surface area contributed by atoms with E-state index in [4.69, 9.17) is 4.74 Å². The highest BCUT2D eigenvalue weighted by atomic mass is 16.6. The maximum absolute atomic E-state index is 12.1. The molecule has 0 aromatic heterocycles. The predicted octanol–water partition coefficient (Wildman–Crippen LogP) is 3.85. The zero-order valence-corrected chi connectivity index (χ0v) is 12.8. The van der Waals surface area contributed by atoms with Crippen molar-refractivity contribution in [3.05, 3.63) is 69.8 Å². The Bertz CT molecular complexity index is 805. The first-order valence-corrected chi connectivity index (χ1v) is 7.13. The van der Waals surface area contributed by atoms with Crippen molar-refractivity contribution >= 4 is 23.6 Å². The molecule has 0 saturated carbocycles. The van der Waals surface area contributed by atoms with Crippen LogP contribution in [-0.2, 0) is 9.53 Å². The second-order valence-corrected chi connectivity index (χ2v) is 5.59. The predicted molar refractivity (Wildman–Crippen MR) is 85.4 cm³/mol. The van der Waals surface area contributed by atoms with Gasteiger partial charge in [-0.05, 0) is 49.6 Å². The van der Waals surface area contributed by atoms with Crippen molar-refractivity contribution < 1.29 is 14.3 Å². The van der Waals surface area contributed by atoms with Gasteiger partial charge in [-0.3, -0.25) is 0 Å². The molecule has 0 bridgehead atoms. The number of carbonyl (C=O) groups excluding carboxylic acids is 2. The Balaban J connectivity index is 2.22. The van der Waals surface area contributed by atoms with Crippen LogP contribution in [0.4, 0.5) is 0 Å². The van der Waals surface area contributed by atoms with Crippen molar-refractivity contribution in [3.63, 3.8) is 0 Å². The van der Waals surface area contributed by atoms with Gasteiger partial charge >= 0.3 is 11.9 Å². The molecular formula is C19H16O3. The second kappa shape index (κ2) is 5.26. The number of carbonyl (C=O) groups is 2. The molecule has 0 saturated heterocycles. The molecule has 1 heterocycles. The Hall–Kier alpha value is -2.68. The minimum Gasteiger partial charge on any atom is -0.386 e. The van der Waals surface area contributed by atoms with E-state index < -0.39 is 11.9 Å². The zero-order valence-electron chi connectivity index (χ0n) is 12.8. The number of ether oxygens (including phenoxy) is 1. The summed E-state index contributed by atoms with van der Waals surface area (Å²) in [5, 5.41) is 0. The number of cyclic esters (lactones) is 2. The normalized spacial score (nSPS) is 15.7. The molecule has 1 aliphatic rings. The summed E-state index contributed by atoms with van der Waals surface area (Å²) in [6, 6.07) is 11.2. The number of hydrogen-bond donors (Lipinski definition) is 0. The highest BCUT2D eigenvalue weighted by Crippen LogP contribution is 2.30. The third kappa shape index (κ3) is 2.35. The quantitative estimate of drug-likeness (QED) is 0.455. The highest BCUT2D eigenvalue weighted by molar-refractivity contribution is 6.29. The molecule has 3 heteroatoms. The minimum absolute atomic E-state index is 0.422. The van der Waals surface area contributed by atoms with Crippen LogP contribution in [0.15, 0.2) is 36.4 Å². The van der Waals surface area contributed by atoms with Crippen LogP contribution < -0.4 is 0 Å². The van der Waals surface area contributed by atoms with Crippen molar-refractivity contribution in [1.29, 1.82) is 0 Å². The molecule has 3 nitrogen and oxygen atoms in total. The molecule has 110 valence electrons. The van der Waals surface area contributed by atoms with Gasteiger partial charge in [0.25, 0.3) is 0 Å². The number of hydrogen-bond acceptors (Lipinski definition) is 3. The average Bonchev–Trinajstić information content (AvgIpc) is 2.45. The van der Waals surface area contributed by atoms with Gasteiger partial charge in [0.15, 0.2) is 0 Å². The van der Waals surface area contributed by atoms with Crippen molar-refractivity contribution in [2.24, 2.45) is 0 Å². The molecule has 0 aliphatic carbocycles. The van der Waals surface area contributed by atoms with Crippen LogP contribution in [-0.4, -0.2) is 11.9 Å². The van der Waals surface area contributed by atoms with E-state index in [2.05, 4.69) is 12.1 Å². The Kier molecular flexibility index (Phi) is 3.41. The lowest BCUT2D eigenvalue weighted by atomic mass is 9.92. The van der Waals surface area contributed by atoms with Crippen LogP contribution in [0.25, 0.3) is 11.6 Å². The maximum atomic E-state index is 12.1. The van der Waals surface area contributed by atoms with Crippen molar-refractivity contribution in [2.45, 2.75) is 20.8 Å². The van der Waals surface area contributed by atoms with Crippen LogP contribution in [0.1, 0.15) is 38.2 Å². The number of esters is 2. The summed E-state index contributed by atoms with van der Waals surface area (Å²) in [5.41, 5.74) is 5.82. The van der Waals surface area contributed by atoms with E-state index in [0.717, 1.165) is 16.7 Å². The number of rotatable bonds is 1. The SMILES string of the molecule is Cc1cc(C)c(C=C2C(=O)OC(=O)c3ccccc32)c(C)c1. The van der Waals surface area contributed by atoms with Gasteiger partial charge < -0.3 is 4.74 Å². The van der Waals surface area contributed by atoms with Crippen LogP contribution >= 0.6 is 0 Å². The first-order valence-electron chi connectivity index (χ1n) is 7.13. The van der Waals surface area contributed by atoms with E-state index in [1.165, 1.54) is 5.56 Å². The molecule has 22 heavy (non-hydrogen) atoms. The molecule has 1 aliphatic heterocycles. The van der Waals surface area contributed by atoms with Gasteiger partial charge in [-0.15, -0.1) is 0 Å². The molecule has 0 atom stereocenters. The van der Waals surface area contributed by atoms with Gasteiger partial charge in [0, 0.05) is 5.56 Å². The van der Waals surface area contributed by atoms with Crippen LogP contribution in [0, 0.1) is 20.8 Å². The number of fused-ring (bicyclic) bond motifs is 1. The molecule has 0 spiro atoms. The van der Waals surface area contributed by atoms with Crippen molar-refractivity contribution in [2.75, 3.05) is 0 Å². The fourth-order valence-electron chi connectivity index (χ4n) is 2.90. The standard InChI is InChI=1S/C19H16O3/c1-11-8-12(2)16(13(3)9-11)10-17-14-6-4-5-7-15(14)18(20)22-19(17)21/h4-10H,1-3H3. The molecule has 0 radical (unpaired) electrons. The Morgan fingerprint density at radius 3 is 2.09 bits per heavy atom. The summed E-state index contributed by atoms with van der Waals surface area (Å²) in [6.07, 6.45) is 1.82. The highest BCUT2D eigenvalue weighted by Gasteiger charge is 2.29. The largest absolute Gasteiger partial charge is 0.386 e. The van der Waals surface area contributed by atoms with Crippen molar-refractivity contribution in [3.8, 4) is 0 Å².